The van der Waals surface area contributed by atoms with E-state index in [9.17, 15) is 19.5 Å². The number of esters is 1. The van der Waals surface area contributed by atoms with E-state index in [1.807, 2.05) is 67.6 Å². The van der Waals surface area contributed by atoms with Gasteiger partial charge in [0.1, 0.15) is 0 Å². The molecule has 1 aromatic heterocycles. The predicted molar refractivity (Wildman–Crippen MR) is 190 cm³/mol. The summed E-state index contributed by atoms with van der Waals surface area (Å²) in [6, 6.07) is 24.5. The molecule has 266 valence electrons. The number of benzene rings is 3. The smallest absolute Gasteiger partial charge is 0.304 e. The van der Waals surface area contributed by atoms with Crippen LogP contribution >= 0.6 is 0 Å². The van der Waals surface area contributed by atoms with E-state index in [2.05, 4.69) is 10.3 Å². The molecule has 2 fully saturated rings. The molecule has 1 spiro atoms. The van der Waals surface area contributed by atoms with Crippen LogP contribution in [0, 0.1) is 5.92 Å². The Balaban J connectivity index is 1.23. The van der Waals surface area contributed by atoms with Crippen LogP contribution in [0.2, 0.25) is 18.6 Å². The molecule has 7 rings (SSSR count). The highest BCUT2D eigenvalue weighted by atomic mass is 28.4. The van der Waals surface area contributed by atoms with Crippen LogP contribution in [0.3, 0.4) is 0 Å². The van der Waals surface area contributed by atoms with Crippen LogP contribution in [0.5, 0.6) is 0 Å². The fourth-order valence-electron chi connectivity index (χ4n) is 8.26. The number of aliphatic hydroxyl groups excluding tert-OH is 1. The molecule has 4 aromatic rings. The van der Waals surface area contributed by atoms with Crippen molar-refractivity contribution in [2.24, 2.45) is 5.92 Å². The second-order valence-corrected chi connectivity index (χ2v) is 18.0. The standard InChI is InChI=1S/C38H42FN5O6Si/c1-24-36(51(3,4)39)33(17-18-42-22-31(40-41-42)29(23-45)27-13-9-6-10-14-27)50-38(24)30-19-28(44-34(47)20-35(44)49-25(2)46)15-16-32(30)43(37(38)48)21-26-11-7-5-8-12-26/h5-16,19,22,24,29,33,35-36,45H,17-18,20-21,23H2,1-4H3/t24-,29?,33+,35?,36-,38+/m0/s1. The van der Waals surface area contributed by atoms with Gasteiger partial charge in [-0.15, -0.1) is 5.10 Å². The van der Waals surface area contributed by atoms with Gasteiger partial charge in [-0.25, -0.2) is 0 Å². The SMILES string of the molecule is CC(=O)OC1CC(=O)N1c1ccc2c(c1)[C@@]1(O[C@H](CCn3cc(C(CO)c4ccccc4)nn3)[C@@H]([Si](C)(C)F)[C@@H]1C)C(=O)N2Cc1ccccc1. The number of nitrogens with zero attached hydrogens (tertiary/aromatic N) is 5. The van der Waals surface area contributed by atoms with Crippen LogP contribution in [0.1, 0.15) is 55.0 Å². The van der Waals surface area contributed by atoms with Gasteiger partial charge in [0.15, 0.2) is 11.8 Å². The Morgan fingerprint density at radius 3 is 2.45 bits per heavy atom. The molecule has 3 aliphatic heterocycles. The number of aliphatic hydroxyl groups is 1. The van der Waals surface area contributed by atoms with Gasteiger partial charge < -0.3 is 23.6 Å². The molecular weight excluding hydrogens is 670 g/mol. The lowest BCUT2D eigenvalue weighted by atomic mass is 9.82. The van der Waals surface area contributed by atoms with Gasteiger partial charge in [-0.2, -0.15) is 0 Å². The normalized spacial score (nSPS) is 24.9. The maximum Gasteiger partial charge on any atom is 0.304 e. The van der Waals surface area contributed by atoms with E-state index in [-0.39, 0.29) is 37.3 Å². The van der Waals surface area contributed by atoms with Crippen molar-refractivity contribution < 1.29 is 33.1 Å². The van der Waals surface area contributed by atoms with Crippen molar-refractivity contribution in [2.75, 3.05) is 16.4 Å². The number of carbonyl (C=O) groups excluding carboxylic acids is 3. The van der Waals surface area contributed by atoms with Crippen molar-refractivity contribution in [2.45, 2.75) is 82.3 Å². The van der Waals surface area contributed by atoms with Crippen LogP contribution in [0.4, 0.5) is 15.5 Å². The summed E-state index contributed by atoms with van der Waals surface area (Å²) in [7, 11) is -3.46. The summed E-state index contributed by atoms with van der Waals surface area (Å²) in [4.78, 5) is 42.6. The first-order valence-corrected chi connectivity index (χ1v) is 20.3. The lowest BCUT2D eigenvalue weighted by Crippen LogP contribution is -2.55. The molecule has 0 radical (unpaired) electrons. The molecule has 0 saturated carbocycles. The number of hydrogen-bond donors (Lipinski definition) is 1. The first-order chi connectivity index (χ1) is 24.4. The minimum Gasteiger partial charge on any atom is -0.441 e. The van der Waals surface area contributed by atoms with E-state index in [1.54, 1.807) is 47.1 Å². The van der Waals surface area contributed by atoms with Crippen LogP contribution in [0.25, 0.3) is 0 Å². The largest absolute Gasteiger partial charge is 0.441 e. The molecule has 1 N–H and O–H groups in total. The lowest BCUT2D eigenvalue weighted by Gasteiger charge is -2.39. The minimum absolute atomic E-state index is 0.0635. The van der Waals surface area contributed by atoms with Crippen molar-refractivity contribution in [1.29, 1.82) is 0 Å². The minimum atomic E-state index is -3.46. The number of anilines is 2. The number of β-lactam (4-membered cyclic amide) rings is 1. The Labute approximate surface area is 297 Å². The highest BCUT2D eigenvalue weighted by molar-refractivity contribution is 6.72. The van der Waals surface area contributed by atoms with Crippen LogP contribution in [0.15, 0.2) is 85.1 Å². The molecule has 51 heavy (non-hydrogen) atoms. The molecule has 2 amide bonds. The summed E-state index contributed by atoms with van der Waals surface area (Å²) in [5.74, 6) is -1.88. The molecule has 13 heteroatoms. The third-order valence-electron chi connectivity index (χ3n) is 10.6. The monoisotopic (exact) mass is 711 g/mol. The quantitative estimate of drug-likeness (QED) is 0.0944. The van der Waals surface area contributed by atoms with E-state index in [4.69, 9.17) is 9.47 Å². The van der Waals surface area contributed by atoms with Gasteiger partial charge in [0.2, 0.25) is 14.3 Å². The van der Waals surface area contributed by atoms with Crippen molar-refractivity contribution in [3.8, 4) is 0 Å². The number of carbonyl (C=O) groups is 3. The fourth-order valence-corrected chi connectivity index (χ4v) is 10.8. The molecule has 11 nitrogen and oxygen atoms in total. The topological polar surface area (TPSA) is 127 Å². The third kappa shape index (κ3) is 6.17. The van der Waals surface area contributed by atoms with Gasteiger partial charge in [0.25, 0.3) is 5.91 Å². The number of hydrogen-bond acceptors (Lipinski definition) is 8. The van der Waals surface area contributed by atoms with E-state index >= 15 is 4.11 Å². The zero-order valence-electron chi connectivity index (χ0n) is 29.1. The van der Waals surface area contributed by atoms with E-state index in [0.29, 0.717) is 35.6 Å². The van der Waals surface area contributed by atoms with Gasteiger partial charge in [-0.3, -0.25) is 24.0 Å². The van der Waals surface area contributed by atoms with Crippen molar-refractivity contribution >= 4 is 37.6 Å². The van der Waals surface area contributed by atoms with Crippen molar-refractivity contribution in [3.05, 3.63) is 107 Å². The van der Waals surface area contributed by atoms with Gasteiger partial charge in [-0.05, 0) is 48.8 Å². The first-order valence-electron chi connectivity index (χ1n) is 17.3. The molecule has 4 heterocycles. The number of aromatic nitrogens is 3. The van der Waals surface area contributed by atoms with Crippen LogP contribution in [-0.4, -0.2) is 65.2 Å². The van der Waals surface area contributed by atoms with Crippen molar-refractivity contribution in [3.63, 3.8) is 0 Å². The summed E-state index contributed by atoms with van der Waals surface area (Å²) >= 11 is 0. The number of amides is 2. The summed E-state index contributed by atoms with van der Waals surface area (Å²) in [5.41, 5.74) is 2.07. The summed E-state index contributed by atoms with van der Waals surface area (Å²) < 4.78 is 30.5. The molecule has 0 aliphatic carbocycles. The van der Waals surface area contributed by atoms with Gasteiger partial charge in [0, 0.05) is 42.4 Å². The number of fused-ring (bicyclic) bond motifs is 2. The van der Waals surface area contributed by atoms with Gasteiger partial charge in [-0.1, -0.05) is 72.8 Å². The molecule has 2 saturated heterocycles. The van der Waals surface area contributed by atoms with E-state index < -0.39 is 43.8 Å². The average Bonchev–Trinajstić information content (AvgIpc) is 3.75. The fraction of sp³-hybridized carbons (Fsp3) is 0.395. The molecule has 6 atom stereocenters. The molecule has 3 aromatic carbocycles. The second-order valence-electron chi connectivity index (χ2n) is 14.2. The Morgan fingerprint density at radius 2 is 1.80 bits per heavy atom. The number of ether oxygens (including phenoxy) is 2. The van der Waals surface area contributed by atoms with Gasteiger partial charge in [0.05, 0.1) is 43.0 Å². The zero-order valence-corrected chi connectivity index (χ0v) is 30.1. The summed E-state index contributed by atoms with van der Waals surface area (Å²) in [5, 5.41) is 18.8. The van der Waals surface area contributed by atoms with E-state index in [0.717, 1.165) is 11.1 Å². The van der Waals surface area contributed by atoms with Crippen LogP contribution in [-0.2, 0) is 42.5 Å². The molecule has 0 bridgehead atoms. The maximum atomic E-state index is 16.5. The van der Waals surface area contributed by atoms with E-state index in [1.165, 1.54) is 11.8 Å². The Bertz CT molecular complexity index is 1940. The Hall–Kier alpha value is -4.72. The third-order valence-corrected chi connectivity index (χ3v) is 13.0. The summed E-state index contributed by atoms with van der Waals surface area (Å²) in [6.45, 7) is 7.01. The van der Waals surface area contributed by atoms with Gasteiger partial charge >= 0.3 is 5.97 Å². The van der Waals surface area contributed by atoms with Crippen molar-refractivity contribution in [1.82, 2.24) is 15.0 Å². The molecule has 2 unspecified atom stereocenters. The Kier molecular flexibility index (Phi) is 9.15. The number of rotatable bonds is 11. The average molecular weight is 712 g/mol. The number of aryl methyl sites for hydroxylation is 1. The lowest BCUT2D eigenvalue weighted by molar-refractivity contribution is -0.153. The molecule has 3 aliphatic rings. The predicted octanol–water partition coefficient (Wildman–Crippen LogP) is 5.44. The maximum absolute atomic E-state index is 16.5. The van der Waals surface area contributed by atoms with Crippen LogP contribution < -0.4 is 9.80 Å². The highest BCUT2D eigenvalue weighted by Gasteiger charge is 2.66. The molecular formula is C38H42FN5O6Si. The first kappa shape index (κ1) is 34.7. The number of halogens is 1. The Morgan fingerprint density at radius 1 is 1.10 bits per heavy atom. The zero-order chi connectivity index (χ0) is 36.1. The highest BCUT2D eigenvalue weighted by Crippen LogP contribution is 2.61. The summed E-state index contributed by atoms with van der Waals surface area (Å²) in [6.07, 6.45) is 0.853. The second kappa shape index (κ2) is 13.4.